The van der Waals surface area contributed by atoms with E-state index in [-0.39, 0.29) is 29.7 Å². The van der Waals surface area contributed by atoms with Gasteiger partial charge in [0.15, 0.2) is 12.4 Å². The van der Waals surface area contributed by atoms with Gasteiger partial charge >= 0.3 is 5.97 Å². The second kappa shape index (κ2) is 10.6. The molecule has 33 heavy (non-hydrogen) atoms. The van der Waals surface area contributed by atoms with Crippen molar-refractivity contribution >= 4 is 17.7 Å². The standard InChI is InChI=1S/C28H28O4S/c29-26(18-25(21-12-6-2-7-13-21)33-24-14-8-3-9-15-24)32-27-22(16-20-10-4-1-5-11-20)17-23-19-30-28(27)31-23/h1-15,22-23,25,27-28H,16-19H2/t22?,23-,25?,27?,28+/m0/s1. The predicted molar refractivity (Wildman–Crippen MR) is 129 cm³/mol. The molecule has 0 amide bonds. The van der Waals surface area contributed by atoms with E-state index in [0.29, 0.717) is 6.61 Å². The average molecular weight is 461 g/mol. The molecule has 4 nitrogen and oxygen atoms in total. The molecule has 0 N–H and O–H groups in total. The van der Waals surface area contributed by atoms with Gasteiger partial charge in [-0.15, -0.1) is 11.8 Å². The molecule has 5 atom stereocenters. The molecule has 0 radical (unpaired) electrons. The normalized spacial score (nSPS) is 24.8. The summed E-state index contributed by atoms with van der Waals surface area (Å²) >= 11 is 1.69. The van der Waals surface area contributed by atoms with Crippen molar-refractivity contribution in [3.63, 3.8) is 0 Å². The van der Waals surface area contributed by atoms with Crippen LogP contribution in [0.1, 0.15) is 29.2 Å². The number of carbonyl (C=O) groups is 1. The van der Waals surface area contributed by atoms with Gasteiger partial charge in [0, 0.05) is 16.1 Å². The van der Waals surface area contributed by atoms with Crippen LogP contribution in [0.2, 0.25) is 0 Å². The molecule has 0 aliphatic carbocycles. The highest BCUT2D eigenvalue weighted by Gasteiger charge is 2.46. The van der Waals surface area contributed by atoms with Crippen LogP contribution in [0.25, 0.3) is 0 Å². The third-order valence-electron chi connectivity index (χ3n) is 6.22. The van der Waals surface area contributed by atoms with Gasteiger partial charge in [-0.2, -0.15) is 0 Å². The van der Waals surface area contributed by atoms with E-state index in [1.165, 1.54) is 5.56 Å². The second-order valence-corrected chi connectivity index (χ2v) is 9.91. The lowest BCUT2D eigenvalue weighted by molar-refractivity contribution is -0.201. The van der Waals surface area contributed by atoms with E-state index in [4.69, 9.17) is 14.2 Å². The van der Waals surface area contributed by atoms with Crippen LogP contribution in [0.15, 0.2) is 95.9 Å². The Kier molecular flexibility index (Phi) is 7.10. The van der Waals surface area contributed by atoms with Gasteiger partial charge in [-0.25, -0.2) is 0 Å². The molecule has 2 fully saturated rings. The fraction of sp³-hybridized carbons (Fsp3) is 0.321. The molecule has 170 valence electrons. The molecule has 2 heterocycles. The molecular formula is C28H28O4S. The van der Waals surface area contributed by atoms with Gasteiger partial charge in [-0.1, -0.05) is 78.9 Å². The van der Waals surface area contributed by atoms with Crippen molar-refractivity contribution in [2.75, 3.05) is 6.61 Å². The highest BCUT2D eigenvalue weighted by molar-refractivity contribution is 7.99. The first-order chi connectivity index (χ1) is 16.2. The summed E-state index contributed by atoms with van der Waals surface area (Å²) in [5.74, 6) is -0.0348. The Morgan fingerprint density at radius 1 is 0.939 bits per heavy atom. The maximum atomic E-state index is 13.2. The van der Waals surface area contributed by atoms with Crippen LogP contribution in [0, 0.1) is 5.92 Å². The van der Waals surface area contributed by atoms with Gasteiger partial charge in [0.1, 0.15) is 0 Å². The number of ether oxygens (including phenoxy) is 3. The van der Waals surface area contributed by atoms with Crippen molar-refractivity contribution in [1.29, 1.82) is 0 Å². The summed E-state index contributed by atoms with van der Waals surface area (Å²) in [5, 5.41) is -0.0320. The van der Waals surface area contributed by atoms with E-state index >= 15 is 0 Å². The van der Waals surface area contributed by atoms with E-state index < -0.39 is 12.4 Å². The molecule has 3 unspecified atom stereocenters. The molecule has 3 aromatic rings. The van der Waals surface area contributed by atoms with E-state index in [2.05, 4.69) is 36.4 Å². The molecular weight excluding hydrogens is 432 g/mol. The Balaban J connectivity index is 1.30. The van der Waals surface area contributed by atoms with Crippen LogP contribution in [0.4, 0.5) is 0 Å². The maximum absolute atomic E-state index is 13.2. The Morgan fingerprint density at radius 2 is 1.61 bits per heavy atom. The Morgan fingerprint density at radius 3 is 2.33 bits per heavy atom. The van der Waals surface area contributed by atoms with Crippen molar-refractivity contribution in [2.45, 2.75) is 47.9 Å². The summed E-state index contributed by atoms with van der Waals surface area (Å²) in [6.07, 6.45) is 1.19. The first-order valence-electron chi connectivity index (χ1n) is 11.5. The van der Waals surface area contributed by atoms with Crippen LogP contribution >= 0.6 is 11.8 Å². The molecule has 5 rings (SSSR count). The molecule has 2 aliphatic rings. The number of rotatable bonds is 8. The minimum atomic E-state index is -0.474. The lowest BCUT2D eigenvalue weighted by atomic mass is 9.87. The van der Waals surface area contributed by atoms with E-state index in [1.807, 2.05) is 54.6 Å². The monoisotopic (exact) mass is 460 g/mol. The molecule has 0 spiro atoms. The molecule has 0 aromatic heterocycles. The zero-order valence-electron chi connectivity index (χ0n) is 18.4. The molecule has 0 saturated carbocycles. The number of thioether (sulfide) groups is 1. The van der Waals surface area contributed by atoms with Gasteiger partial charge in [-0.3, -0.25) is 4.79 Å². The number of benzene rings is 3. The summed E-state index contributed by atoms with van der Waals surface area (Å²) in [7, 11) is 0. The van der Waals surface area contributed by atoms with Crippen LogP contribution in [-0.4, -0.2) is 31.1 Å². The van der Waals surface area contributed by atoms with Crippen molar-refractivity contribution in [3.05, 3.63) is 102 Å². The Labute approximate surface area is 199 Å². The van der Waals surface area contributed by atoms with Gasteiger partial charge in [0.25, 0.3) is 0 Å². The van der Waals surface area contributed by atoms with Crippen molar-refractivity contribution in [1.82, 2.24) is 0 Å². The smallest absolute Gasteiger partial charge is 0.307 e. The van der Waals surface area contributed by atoms with Crippen molar-refractivity contribution in [2.24, 2.45) is 5.92 Å². The molecule has 2 aliphatic heterocycles. The first kappa shape index (κ1) is 22.2. The highest BCUT2D eigenvalue weighted by Crippen LogP contribution is 2.40. The highest BCUT2D eigenvalue weighted by atomic mass is 32.2. The van der Waals surface area contributed by atoms with E-state index in [1.54, 1.807) is 11.8 Å². The lowest BCUT2D eigenvalue weighted by Crippen LogP contribution is -2.44. The van der Waals surface area contributed by atoms with Gasteiger partial charge in [-0.05, 0) is 36.1 Å². The summed E-state index contributed by atoms with van der Waals surface area (Å²) in [4.78, 5) is 14.3. The molecule has 2 saturated heterocycles. The van der Waals surface area contributed by atoms with Crippen LogP contribution in [0.5, 0.6) is 0 Å². The van der Waals surface area contributed by atoms with Gasteiger partial charge in [0.05, 0.1) is 19.1 Å². The quantitative estimate of drug-likeness (QED) is 0.313. The van der Waals surface area contributed by atoms with Crippen LogP contribution < -0.4 is 0 Å². The molecule has 2 bridgehead atoms. The fourth-order valence-electron chi connectivity index (χ4n) is 4.64. The summed E-state index contributed by atoms with van der Waals surface area (Å²) in [6.45, 7) is 0.570. The van der Waals surface area contributed by atoms with E-state index in [9.17, 15) is 4.79 Å². The third-order valence-corrected chi connectivity index (χ3v) is 7.49. The third kappa shape index (κ3) is 5.67. The maximum Gasteiger partial charge on any atom is 0.307 e. The molecule has 5 heteroatoms. The number of carbonyl (C=O) groups excluding carboxylic acids is 1. The zero-order chi connectivity index (χ0) is 22.5. The predicted octanol–water partition coefficient (Wildman–Crippen LogP) is 5.83. The largest absolute Gasteiger partial charge is 0.457 e. The molecule has 3 aromatic carbocycles. The minimum absolute atomic E-state index is 0.0320. The number of hydrogen-bond acceptors (Lipinski definition) is 5. The Hall–Kier alpha value is -2.60. The van der Waals surface area contributed by atoms with Crippen LogP contribution in [0.3, 0.4) is 0 Å². The summed E-state index contributed by atoms with van der Waals surface area (Å²) in [5.41, 5.74) is 2.35. The fourth-order valence-corrected chi connectivity index (χ4v) is 5.79. The SMILES string of the molecule is O=C(CC(Sc1ccccc1)c1ccccc1)OC1C(Cc2ccccc2)C[C@H]2CO[C@@H]1O2. The number of esters is 1. The van der Waals surface area contributed by atoms with Crippen molar-refractivity contribution < 1.29 is 19.0 Å². The first-order valence-corrected chi connectivity index (χ1v) is 12.4. The lowest BCUT2D eigenvalue weighted by Gasteiger charge is -2.35. The summed E-state index contributed by atoms with van der Waals surface area (Å²) in [6, 6.07) is 30.7. The van der Waals surface area contributed by atoms with E-state index in [0.717, 1.165) is 23.3 Å². The Bertz CT molecular complexity index is 1030. The topological polar surface area (TPSA) is 44.8 Å². The van der Waals surface area contributed by atoms with Gasteiger partial charge in [0.2, 0.25) is 0 Å². The van der Waals surface area contributed by atoms with Crippen molar-refractivity contribution in [3.8, 4) is 0 Å². The number of hydrogen-bond donors (Lipinski definition) is 0. The van der Waals surface area contributed by atoms with Crippen LogP contribution in [-0.2, 0) is 25.4 Å². The second-order valence-electron chi connectivity index (χ2n) is 8.63. The van der Waals surface area contributed by atoms with Gasteiger partial charge < -0.3 is 14.2 Å². The average Bonchev–Trinajstić information content (AvgIpc) is 3.25. The zero-order valence-corrected chi connectivity index (χ0v) is 19.2. The minimum Gasteiger partial charge on any atom is -0.457 e. The number of fused-ring (bicyclic) bond motifs is 2. The summed E-state index contributed by atoms with van der Waals surface area (Å²) < 4.78 is 17.9.